The fourth-order valence-corrected chi connectivity index (χ4v) is 7.36. The summed E-state index contributed by atoms with van der Waals surface area (Å²) in [6.45, 7) is 5.65. The predicted octanol–water partition coefficient (Wildman–Crippen LogP) is 4.63. The molecule has 1 aromatic rings. The van der Waals surface area contributed by atoms with Crippen molar-refractivity contribution in [2.24, 2.45) is 23.7 Å². The second kappa shape index (κ2) is 7.65. The van der Waals surface area contributed by atoms with Crippen LogP contribution in [0.15, 0.2) is 24.3 Å². The molecule has 0 radical (unpaired) electrons. The Morgan fingerprint density at radius 2 is 1.71 bits per heavy atom. The summed E-state index contributed by atoms with van der Waals surface area (Å²) in [6.07, 6.45) is 10.9. The van der Waals surface area contributed by atoms with Crippen LogP contribution >= 0.6 is 0 Å². The third-order valence-electron chi connectivity index (χ3n) is 8.16. The molecule has 0 unspecified atom stereocenters. The fraction of sp³-hybridized carbons (Fsp3) is 0.760. The maximum atomic E-state index is 10.4. The molecule has 1 saturated heterocycles. The normalized spacial score (nSPS) is 38.5. The van der Waals surface area contributed by atoms with E-state index in [9.17, 15) is 5.11 Å². The van der Waals surface area contributed by atoms with Gasteiger partial charge in [-0.3, -0.25) is 0 Å². The van der Waals surface area contributed by atoms with Crippen molar-refractivity contribution >= 4 is 0 Å². The molecule has 0 aromatic heterocycles. The molecule has 0 spiro atoms. The van der Waals surface area contributed by atoms with Crippen molar-refractivity contribution in [3.05, 3.63) is 29.8 Å². The van der Waals surface area contributed by atoms with E-state index in [4.69, 9.17) is 4.74 Å². The molecule has 3 heteroatoms. The molecule has 6 rings (SSSR count). The Bertz CT molecular complexity index is 634. The summed E-state index contributed by atoms with van der Waals surface area (Å²) in [5.74, 6) is 4.60. The van der Waals surface area contributed by atoms with Gasteiger partial charge >= 0.3 is 0 Å². The number of β-amino-alcohol motifs (C(OH)–C–C–N with tert-alkyl or cyclic N) is 1. The van der Waals surface area contributed by atoms with Gasteiger partial charge in [0.05, 0.1) is 0 Å². The number of aliphatic hydroxyl groups excluding tert-OH is 1. The number of nitrogens with zero attached hydrogens (tertiary/aromatic N) is 1. The van der Waals surface area contributed by atoms with Gasteiger partial charge in [-0.15, -0.1) is 0 Å². The van der Waals surface area contributed by atoms with E-state index in [1.165, 1.54) is 51.4 Å². The number of aliphatic hydroxyl groups is 1. The Balaban J connectivity index is 1.16. The van der Waals surface area contributed by atoms with Crippen LogP contribution in [0.1, 0.15) is 63.9 Å². The van der Waals surface area contributed by atoms with Gasteiger partial charge in [0.25, 0.3) is 0 Å². The summed E-state index contributed by atoms with van der Waals surface area (Å²) in [4.78, 5) is 2.39. The molecule has 5 fully saturated rings. The Labute approximate surface area is 170 Å². The van der Waals surface area contributed by atoms with Gasteiger partial charge in [0, 0.05) is 13.1 Å². The first kappa shape index (κ1) is 18.9. The average molecular weight is 384 g/mol. The first-order valence-electron chi connectivity index (χ1n) is 11.7. The standard InChI is InChI=1S/C25H37NO2/c1-18-3-2-8-26(15-18)16-23(27)17-28-24-6-4-22(5-7-24)25-12-19-9-20(13-25)11-21(10-19)14-25/h4-7,18-21,23,27H,2-3,8-17H2,1H3/t18-,19?,20?,21?,23+,25?/m1/s1. The zero-order valence-electron chi connectivity index (χ0n) is 17.5. The minimum Gasteiger partial charge on any atom is -0.491 e. The average Bonchev–Trinajstić information content (AvgIpc) is 2.66. The van der Waals surface area contributed by atoms with Gasteiger partial charge < -0.3 is 14.7 Å². The van der Waals surface area contributed by atoms with E-state index in [0.29, 0.717) is 12.0 Å². The SMILES string of the molecule is C[C@@H]1CCCN(C[C@H](O)COc2ccc(C34CC5CC(CC(C5)C3)C4)cc2)C1. The number of hydrogen-bond donors (Lipinski definition) is 1. The van der Waals surface area contributed by atoms with Gasteiger partial charge in [-0.25, -0.2) is 0 Å². The van der Waals surface area contributed by atoms with Crippen molar-refractivity contribution in [2.45, 2.75) is 69.8 Å². The quantitative estimate of drug-likeness (QED) is 0.778. The number of likely N-dealkylation sites (tertiary alicyclic amines) is 1. The minimum atomic E-state index is -0.409. The van der Waals surface area contributed by atoms with Crippen molar-refractivity contribution in [3.8, 4) is 5.75 Å². The van der Waals surface area contributed by atoms with Crippen molar-refractivity contribution in [1.82, 2.24) is 4.90 Å². The van der Waals surface area contributed by atoms with Crippen molar-refractivity contribution in [3.63, 3.8) is 0 Å². The van der Waals surface area contributed by atoms with Gasteiger partial charge in [-0.1, -0.05) is 19.1 Å². The van der Waals surface area contributed by atoms with Crippen LogP contribution in [-0.2, 0) is 5.41 Å². The van der Waals surface area contributed by atoms with Crippen LogP contribution in [0.25, 0.3) is 0 Å². The summed E-state index contributed by atoms with van der Waals surface area (Å²) in [5, 5.41) is 10.4. The minimum absolute atomic E-state index is 0.390. The second-order valence-corrected chi connectivity index (χ2v) is 10.7. The molecule has 4 aliphatic carbocycles. The monoisotopic (exact) mass is 383 g/mol. The maximum Gasteiger partial charge on any atom is 0.119 e. The topological polar surface area (TPSA) is 32.7 Å². The summed E-state index contributed by atoms with van der Waals surface area (Å²) < 4.78 is 5.93. The Kier molecular flexibility index (Phi) is 5.17. The molecule has 1 aromatic carbocycles. The van der Waals surface area contributed by atoms with Crippen LogP contribution in [0.2, 0.25) is 0 Å². The third-order valence-corrected chi connectivity index (χ3v) is 8.16. The van der Waals surface area contributed by atoms with Crippen molar-refractivity contribution < 1.29 is 9.84 Å². The van der Waals surface area contributed by atoms with Crippen molar-refractivity contribution in [1.29, 1.82) is 0 Å². The largest absolute Gasteiger partial charge is 0.491 e. The van der Waals surface area contributed by atoms with E-state index in [1.807, 2.05) is 0 Å². The number of piperidine rings is 1. The summed E-state index contributed by atoms with van der Waals surface area (Å²) in [5.41, 5.74) is 2.00. The highest BCUT2D eigenvalue weighted by atomic mass is 16.5. The number of benzene rings is 1. The van der Waals surface area contributed by atoms with Crippen LogP contribution in [0.3, 0.4) is 0 Å². The van der Waals surface area contributed by atoms with E-state index in [0.717, 1.165) is 49.1 Å². The zero-order valence-corrected chi connectivity index (χ0v) is 17.5. The highest BCUT2D eigenvalue weighted by molar-refractivity contribution is 5.34. The Morgan fingerprint density at radius 3 is 2.32 bits per heavy atom. The van der Waals surface area contributed by atoms with Gasteiger partial charge in [0.2, 0.25) is 0 Å². The van der Waals surface area contributed by atoms with Gasteiger partial charge in [0.1, 0.15) is 18.5 Å². The number of rotatable bonds is 6. The highest BCUT2D eigenvalue weighted by Gasteiger charge is 2.51. The number of hydrogen-bond acceptors (Lipinski definition) is 3. The van der Waals surface area contributed by atoms with E-state index in [-0.39, 0.29) is 0 Å². The molecule has 3 nitrogen and oxygen atoms in total. The lowest BCUT2D eigenvalue weighted by molar-refractivity contribution is -0.00522. The number of ether oxygens (including phenoxy) is 1. The van der Waals surface area contributed by atoms with Crippen molar-refractivity contribution in [2.75, 3.05) is 26.2 Å². The maximum absolute atomic E-state index is 10.4. The molecule has 5 aliphatic rings. The first-order chi connectivity index (χ1) is 13.6. The van der Waals surface area contributed by atoms with E-state index >= 15 is 0 Å². The van der Waals surface area contributed by atoms with E-state index in [2.05, 4.69) is 36.1 Å². The second-order valence-electron chi connectivity index (χ2n) is 10.7. The van der Waals surface area contributed by atoms with Crippen LogP contribution in [0.4, 0.5) is 0 Å². The highest BCUT2D eigenvalue weighted by Crippen LogP contribution is 2.60. The molecule has 28 heavy (non-hydrogen) atoms. The summed E-state index contributed by atoms with van der Waals surface area (Å²) >= 11 is 0. The van der Waals surface area contributed by atoms with Crippen LogP contribution < -0.4 is 4.74 Å². The molecule has 4 saturated carbocycles. The molecule has 1 N–H and O–H groups in total. The lowest BCUT2D eigenvalue weighted by Gasteiger charge is -2.57. The molecular weight excluding hydrogens is 346 g/mol. The lowest BCUT2D eigenvalue weighted by atomic mass is 9.48. The summed E-state index contributed by atoms with van der Waals surface area (Å²) in [7, 11) is 0. The zero-order chi connectivity index (χ0) is 19.1. The van der Waals surface area contributed by atoms with E-state index < -0.39 is 6.10 Å². The van der Waals surface area contributed by atoms with Crippen LogP contribution in [-0.4, -0.2) is 42.4 Å². The first-order valence-corrected chi connectivity index (χ1v) is 11.7. The van der Waals surface area contributed by atoms with E-state index in [1.54, 1.807) is 5.56 Å². The molecule has 2 atom stereocenters. The van der Waals surface area contributed by atoms with Crippen LogP contribution in [0.5, 0.6) is 5.75 Å². The predicted molar refractivity (Wildman–Crippen MR) is 113 cm³/mol. The smallest absolute Gasteiger partial charge is 0.119 e. The van der Waals surface area contributed by atoms with Crippen LogP contribution in [0, 0.1) is 23.7 Å². The third kappa shape index (κ3) is 3.85. The Morgan fingerprint density at radius 1 is 1.07 bits per heavy atom. The molecule has 1 aliphatic heterocycles. The lowest BCUT2D eigenvalue weighted by Crippen LogP contribution is -2.48. The fourth-order valence-electron chi connectivity index (χ4n) is 7.36. The van der Waals surface area contributed by atoms with Gasteiger partial charge in [-0.2, -0.15) is 0 Å². The summed E-state index contributed by atoms with van der Waals surface area (Å²) in [6, 6.07) is 8.93. The Hall–Kier alpha value is -1.06. The molecule has 1 heterocycles. The molecule has 0 amide bonds. The molecule has 4 bridgehead atoms. The molecular formula is C25H37NO2. The molecule has 154 valence electrons. The van der Waals surface area contributed by atoms with Gasteiger partial charge in [0.15, 0.2) is 0 Å². The van der Waals surface area contributed by atoms with Gasteiger partial charge in [-0.05, 0) is 105 Å².